The number of rotatable bonds is 4. The highest BCUT2D eigenvalue weighted by Gasteiger charge is 2.36. The van der Waals surface area contributed by atoms with Gasteiger partial charge in [-0.2, -0.15) is 13.2 Å². The van der Waals surface area contributed by atoms with Crippen molar-refractivity contribution < 1.29 is 22.4 Å². The van der Waals surface area contributed by atoms with Gasteiger partial charge in [-0.1, -0.05) is 29.8 Å². The summed E-state index contributed by atoms with van der Waals surface area (Å²) >= 11 is 6.38. The van der Waals surface area contributed by atoms with E-state index in [4.69, 9.17) is 16.0 Å². The molecular weight excluding hydrogens is 443 g/mol. The molecule has 0 N–H and O–H groups in total. The largest absolute Gasteiger partial charge is 0.472 e. The normalized spacial score (nSPS) is 17.4. The van der Waals surface area contributed by atoms with E-state index in [1.165, 1.54) is 31.6 Å². The highest BCUT2D eigenvalue weighted by molar-refractivity contribution is 6.33. The van der Waals surface area contributed by atoms with Gasteiger partial charge in [0.1, 0.15) is 5.15 Å². The first kappa shape index (κ1) is 20.9. The summed E-state index contributed by atoms with van der Waals surface area (Å²) in [6.45, 7) is 0.816. The van der Waals surface area contributed by atoms with E-state index in [9.17, 15) is 18.0 Å². The highest BCUT2D eigenvalue weighted by atomic mass is 35.5. The highest BCUT2D eigenvalue weighted by Crippen LogP contribution is 2.37. The van der Waals surface area contributed by atoms with Crippen molar-refractivity contribution in [3.8, 4) is 11.1 Å². The summed E-state index contributed by atoms with van der Waals surface area (Å²) in [6, 6.07) is 2.54. The molecule has 0 saturated heterocycles. The van der Waals surface area contributed by atoms with Crippen LogP contribution in [0.5, 0.6) is 0 Å². The first-order valence-corrected chi connectivity index (χ1v) is 10.7. The summed E-state index contributed by atoms with van der Waals surface area (Å²) in [5, 5.41) is -0.149. The van der Waals surface area contributed by atoms with E-state index in [1.54, 1.807) is 11.0 Å². The van der Waals surface area contributed by atoms with Gasteiger partial charge in [0.2, 0.25) is 0 Å². The molecule has 3 aromatic heterocycles. The predicted molar refractivity (Wildman–Crippen MR) is 113 cm³/mol. The lowest BCUT2D eigenvalue weighted by molar-refractivity contribution is -0.136. The lowest BCUT2D eigenvalue weighted by Gasteiger charge is -2.25. The van der Waals surface area contributed by atoms with Crippen molar-refractivity contribution >= 4 is 23.2 Å². The Morgan fingerprint density at radius 1 is 1.28 bits per heavy atom. The third kappa shape index (κ3) is 3.95. The van der Waals surface area contributed by atoms with Gasteiger partial charge in [-0.15, -0.1) is 0 Å². The molecule has 0 spiro atoms. The third-order valence-electron chi connectivity index (χ3n) is 5.76. The van der Waals surface area contributed by atoms with Crippen LogP contribution >= 0.6 is 11.6 Å². The zero-order chi connectivity index (χ0) is 22.5. The minimum Gasteiger partial charge on any atom is -0.472 e. The number of fused-ring (bicyclic) bond motifs is 1. The number of carbonyl (C=O) groups is 1. The average molecular weight is 462 g/mol. The molecule has 0 radical (unpaired) electrons. The SMILES string of the molecule is O=C(c1nc2c(C(F)(F)F)cc(-c3ccoc3)cn2c1Cl)N1CC=C(/C=C/C2CC2)CC1. The van der Waals surface area contributed by atoms with E-state index in [2.05, 4.69) is 17.1 Å². The maximum atomic E-state index is 13.8. The topological polar surface area (TPSA) is 50.8 Å². The van der Waals surface area contributed by atoms with Gasteiger partial charge in [-0.05, 0) is 42.9 Å². The molecule has 5 nitrogen and oxygen atoms in total. The fraction of sp³-hybridized carbons (Fsp3) is 0.304. The number of halogens is 4. The van der Waals surface area contributed by atoms with Crippen molar-refractivity contribution in [3.05, 3.63) is 71.1 Å². The van der Waals surface area contributed by atoms with E-state index >= 15 is 0 Å². The number of alkyl halides is 3. The van der Waals surface area contributed by atoms with Crippen LogP contribution in [-0.2, 0) is 6.18 Å². The molecule has 1 saturated carbocycles. The Morgan fingerprint density at radius 3 is 2.72 bits per heavy atom. The lowest BCUT2D eigenvalue weighted by Crippen LogP contribution is -2.35. The summed E-state index contributed by atoms with van der Waals surface area (Å²) in [5.41, 5.74) is 0.313. The Hall–Kier alpha value is -3.00. The number of carbonyl (C=O) groups excluding carboxylic acids is 1. The van der Waals surface area contributed by atoms with Crippen LogP contribution in [0.1, 0.15) is 35.3 Å². The molecule has 0 bridgehead atoms. The van der Waals surface area contributed by atoms with Crippen LogP contribution in [0.2, 0.25) is 5.15 Å². The second-order valence-electron chi connectivity index (χ2n) is 8.07. The van der Waals surface area contributed by atoms with Crippen LogP contribution in [-0.4, -0.2) is 33.3 Å². The van der Waals surface area contributed by atoms with Gasteiger partial charge in [-0.25, -0.2) is 4.98 Å². The zero-order valence-corrected chi connectivity index (χ0v) is 17.7. The van der Waals surface area contributed by atoms with Gasteiger partial charge >= 0.3 is 6.18 Å². The molecule has 5 rings (SSSR count). The number of hydrogen-bond acceptors (Lipinski definition) is 3. The summed E-state index contributed by atoms with van der Waals surface area (Å²) in [6.07, 6.45) is 8.85. The molecule has 0 aromatic carbocycles. The molecular formula is C23H19ClF3N3O2. The van der Waals surface area contributed by atoms with Gasteiger partial charge in [0.25, 0.3) is 5.91 Å². The van der Waals surface area contributed by atoms with Crippen LogP contribution in [0.25, 0.3) is 16.8 Å². The Bertz CT molecular complexity index is 1240. The number of pyridine rings is 1. The molecule has 3 aromatic rings. The van der Waals surface area contributed by atoms with Crippen LogP contribution in [0.4, 0.5) is 13.2 Å². The van der Waals surface area contributed by atoms with Crippen molar-refractivity contribution in [1.29, 1.82) is 0 Å². The summed E-state index contributed by atoms with van der Waals surface area (Å²) in [7, 11) is 0. The van der Waals surface area contributed by atoms with Gasteiger partial charge in [0.15, 0.2) is 11.3 Å². The van der Waals surface area contributed by atoms with Gasteiger partial charge in [-0.3, -0.25) is 9.20 Å². The molecule has 0 unspecified atom stereocenters. The van der Waals surface area contributed by atoms with E-state index in [0.717, 1.165) is 16.0 Å². The molecule has 2 aliphatic rings. The van der Waals surface area contributed by atoms with Gasteiger partial charge in [0, 0.05) is 30.4 Å². The summed E-state index contributed by atoms with van der Waals surface area (Å²) in [4.78, 5) is 18.6. The maximum Gasteiger partial charge on any atom is 0.420 e. The summed E-state index contributed by atoms with van der Waals surface area (Å²) in [5.74, 6) is 0.181. The fourth-order valence-corrected chi connectivity index (χ4v) is 4.02. The van der Waals surface area contributed by atoms with Crippen molar-refractivity contribution in [1.82, 2.24) is 14.3 Å². The minimum atomic E-state index is -4.67. The number of hydrogen-bond donors (Lipinski definition) is 0. The number of allylic oxidation sites excluding steroid dienone is 2. The van der Waals surface area contributed by atoms with E-state index in [1.807, 2.05) is 6.08 Å². The maximum absolute atomic E-state index is 13.8. The predicted octanol–water partition coefficient (Wildman–Crippen LogP) is 6.01. The first-order valence-electron chi connectivity index (χ1n) is 10.3. The van der Waals surface area contributed by atoms with Crippen LogP contribution in [0.3, 0.4) is 0 Å². The molecule has 1 fully saturated rings. The second kappa shape index (κ2) is 7.85. The summed E-state index contributed by atoms with van der Waals surface area (Å²) < 4.78 is 47.5. The zero-order valence-electron chi connectivity index (χ0n) is 16.9. The fourth-order valence-electron chi connectivity index (χ4n) is 3.77. The average Bonchev–Trinajstić information content (AvgIpc) is 3.32. The lowest BCUT2D eigenvalue weighted by atomic mass is 10.1. The Labute approximate surface area is 186 Å². The Kier molecular flexibility index (Phi) is 5.12. The molecule has 4 heterocycles. The number of aromatic nitrogens is 2. The second-order valence-corrected chi connectivity index (χ2v) is 8.43. The standard InChI is InChI=1S/C23H19ClF3N3O2/c24-20-19(22(31)29-8-5-15(6-9-29)4-3-14-1-2-14)28-21-18(23(25,26)27)11-17(12-30(20)21)16-7-10-32-13-16/h3-5,7,10-14H,1-2,6,8-9H2/b4-3+. The minimum absolute atomic E-state index is 0.149. The van der Waals surface area contributed by atoms with Gasteiger partial charge in [0.05, 0.1) is 18.1 Å². The van der Waals surface area contributed by atoms with E-state index in [0.29, 0.717) is 31.0 Å². The molecule has 166 valence electrons. The molecule has 9 heteroatoms. The number of amides is 1. The third-order valence-corrected chi connectivity index (χ3v) is 6.12. The van der Waals surface area contributed by atoms with E-state index in [-0.39, 0.29) is 16.4 Å². The van der Waals surface area contributed by atoms with E-state index < -0.39 is 23.3 Å². The number of nitrogens with zero attached hydrogens (tertiary/aromatic N) is 3. The molecule has 32 heavy (non-hydrogen) atoms. The first-order chi connectivity index (χ1) is 15.3. The van der Waals surface area contributed by atoms with Crippen molar-refractivity contribution in [2.45, 2.75) is 25.4 Å². The van der Waals surface area contributed by atoms with Crippen LogP contribution < -0.4 is 0 Å². The van der Waals surface area contributed by atoms with Gasteiger partial charge < -0.3 is 9.32 Å². The Morgan fingerprint density at radius 2 is 2.09 bits per heavy atom. The molecule has 1 aliphatic heterocycles. The van der Waals surface area contributed by atoms with Crippen LogP contribution in [0, 0.1) is 5.92 Å². The number of furan rings is 1. The molecule has 0 atom stereocenters. The van der Waals surface area contributed by atoms with Crippen molar-refractivity contribution in [3.63, 3.8) is 0 Å². The van der Waals surface area contributed by atoms with Crippen molar-refractivity contribution in [2.75, 3.05) is 13.1 Å². The Balaban J connectivity index is 1.49. The monoisotopic (exact) mass is 461 g/mol. The molecule has 1 aliphatic carbocycles. The van der Waals surface area contributed by atoms with Crippen molar-refractivity contribution in [2.24, 2.45) is 5.92 Å². The molecule has 1 amide bonds. The smallest absolute Gasteiger partial charge is 0.420 e. The quantitative estimate of drug-likeness (QED) is 0.478. The van der Waals surface area contributed by atoms with Crippen LogP contribution in [0.15, 0.2) is 59.1 Å². The number of imidazole rings is 1.